The molecule has 4 nitrogen and oxygen atoms in total. The maximum absolute atomic E-state index is 12.1. The first-order valence-corrected chi connectivity index (χ1v) is 8.26. The molecule has 0 aromatic heterocycles. The zero-order chi connectivity index (χ0) is 15.7. The molecule has 3 rings (SSSR count). The summed E-state index contributed by atoms with van der Waals surface area (Å²) in [5, 5.41) is 5.19. The minimum absolute atomic E-state index is 0.277. The fourth-order valence-corrected chi connectivity index (χ4v) is 3.65. The van der Waals surface area contributed by atoms with Gasteiger partial charge in [-0.1, -0.05) is 23.2 Å². The lowest BCUT2D eigenvalue weighted by molar-refractivity contribution is -0.127. The Morgan fingerprint density at radius 2 is 2.23 bits per heavy atom. The van der Waals surface area contributed by atoms with Crippen LogP contribution in [0.4, 0.5) is 0 Å². The minimum Gasteiger partial charge on any atom is -0.479 e. The Bertz CT molecular complexity index is 618. The van der Waals surface area contributed by atoms with E-state index in [-0.39, 0.29) is 5.91 Å². The summed E-state index contributed by atoms with van der Waals surface area (Å²) in [5.74, 6) is 1.48. The van der Waals surface area contributed by atoms with Gasteiger partial charge < -0.3 is 4.74 Å². The van der Waals surface area contributed by atoms with Gasteiger partial charge in [0.1, 0.15) is 5.75 Å². The molecule has 2 aliphatic carbocycles. The van der Waals surface area contributed by atoms with Crippen molar-refractivity contribution in [3.05, 3.63) is 28.2 Å². The van der Waals surface area contributed by atoms with Gasteiger partial charge in [0.05, 0.1) is 5.02 Å². The molecular formula is C16H18Cl2N2O2. The zero-order valence-corrected chi connectivity index (χ0v) is 13.8. The number of halogens is 2. The molecule has 1 aromatic rings. The molecule has 0 heterocycles. The predicted molar refractivity (Wildman–Crippen MR) is 87.6 cm³/mol. The lowest BCUT2D eigenvalue weighted by Crippen LogP contribution is -2.34. The molecule has 1 aromatic carbocycles. The normalized spacial score (nSPS) is 26.2. The van der Waals surface area contributed by atoms with Crippen molar-refractivity contribution in [3.8, 4) is 5.75 Å². The number of amides is 1. The third-order valence-corrected chi connectivity index (χ3v) is 4.92. The van der Waals surface area contributed by atoms with Crippen LogP contribution in [0.2, 0.25) is 10.0 Å². The monoisotopic (exact) mass is 340 g/mol. The van der Waals surface area contributed by atoms with Gasteiger partial charge >= 0.3 is 0 Å². The van der Waals surface area contributed by atoms with Gasteiger partial charge in [-0.25, -0.2) is 5.43 Å². The van der Waals surface area contributed by atoms with Crippen molar-refractivity contribution < 1.29 is 9.53 Å². The first kappa shape index (κ1) is 15.6. The number of nitrogens with zero attached hydrogens (tertiary/aromatic N) is 1. The van der Waals surface area contributed by atoms with Gasteiger partial charge in [-0.2, -0.15) is 5.10 Å². The average Bonchev–Trinajstić information content (AvgIpc) is 3.10. The average molecular weight is 341 g/mol. The minimum atomic E-state index is -0.679. The van der Waals surface area contributed by atoms with E-state index in [2.05, 4.69) is 10.5 Å². The molecule has 0 aliphatic heterocycles. The molecule has 1 amide bonds. The summed E-state index contributed by atoms with van der Waals surface area (Å²) in [6.45, 7) is 1.67. The Morgan fingerprint density at radius 3 is 2.86 bits per heavy atom. The number of hydrogen-bond acceptors (Lipinski definition) is 3. The van der Waals surface area contributed by atoms with E-state index in [4.69, 9.17) is 27.9 Å². The highest BCUT2D eigenvalue weighted by atomic mass is 35.5. The van der Waals surface area contributed by atoms with Gasteiger partial charge in [-0.3, -0.25) is 4.79 Å². The van der Waals surface area contributed by atoms with Crippen LogP contribution < -0.4 is 10.2 Å². The Kier molecular flexibility index (Phi) is 4.59. The molecule has 2 fully saturated rings. The van der Waals surface area contributed by atoms with Crippen LogP contribution in [0.3, 0.4) is 0 Å². The number of hydrogen-bond donors (Lipinski definition) is 1. The highest BCUT2D eigenvalue weighted by molar-refractivity contribution is 6.35. The molecule has 118 valence electrons. The van der Waals surface area contributed by atoms with Crippen LogP contribution in [0.5, 0.6) is 5.75 Å². The van der Waals surface area contributed by atoms with Gasteiger partial charge in [0.25, 0.3) is 5.91 Å². The van der Waals surface area contributed by atoms with Crippen molar-refractivity contribution in [3.63, 3.8) is 0 Å². The van der Waals surface area contributed by atoms with Crippen molar-refractivity contribution in [1.29, 1.82) is 0 Å². The Balaban J connectivity index is 1.57. The van der Waals surface area contributed by atoms with E-state index in [1.54, 1.807) is 25.1 Å². The van der Waals surface area contributed by atoms with Gasteiger partial charge in [0.15, 0.2) is 6.10 Å². The molecule has 2 saturated carbocycles. The summed E-state index contributed by atoms with van der Waals surface area (Å²) in [5.41, 5.74) is 3.74. The summed E-state index contributed by atoms with van der Waals surface area (Å²) in [6.07, 6.45) is 4.06. The molecular weight excluding hydrogens is 323 g/mol. The predicted octanol–water partition coefficient (Wildman–Crippen LogP) is 4.05. The van der Waals surface area contributed by atoms with Gasteiger partial charge in [0.2, 0.25) is 0 Å². The lowest BCUT2D eigenvalue weighted by atomic mass is 9.99. The molecule has 2 aliphatic rings. The summed E-state index contributed by atoms with van der Waals surface area (Å²) in [6, 6.07) is 4.90. The zero-order valence-electron chi connectivity index (χ0n) is 12.3. The smallest absolute Gasteiger partial charge is 0.280 e. The van der Waals surface area contributed by atoms with Crippen LogP contribution in [0.15, 0.2) is 23.3 Å². The lowest BCUT2D eigenvalue weighted by Gasteiger charge is -2.16. The maximum Gasteiger partial charge on any atom is 0.280 e. The van der Waals surface area contributed by atoms with E-state index < -0.39 is 6.10 Å². The highest BCUT2D eigenvalue weighted by Gasteiger charge is 2.36. The number of carbonyl (C=O) groups excluding carboxylic acids is 1. The highest BCUT2D eigenvalue weighted by Crippen LogP contribution is 2.42. The standard InChI is InChI=1S/C16H18Cl2N2O2/c1-9(22-15-5-4-12(17)8-13(15)18)16(21)20-19-14-7-10-2-3-11(14)6-10/h4-5,8-11H,2-3,6-7H2,1H3,(H,20,21). The van der Waals surface area contributed by atoms with E-state index in [0.717, 1.165) is 18.1 Å². The Labute approximate surface area is 139 Å². The number of benzene rings is 1. The summed E-state index contributed by atoms with van der Waals surface area (Å²) in [7, 11) is 0. The fraction of sp³-hybridized carbons (Fsp3) is 0.500. The van der Waals surface area contributed by atoms with Gasteiger partial charge in [0, 0.05) is 10.7 Å². The van der Waals surface area contributed by atoms with Crippen LogP contribution in [-0.2, 0) is 4.79 Å². The second-order valence-electron chi connectivity index (χ2n) is 5.99. The number of fused-ring (bicyclic) bond motifs is 2. The fourth-order valence-electron chi connectivity index (χ4n) is 3.19. The van der Waals surface area contributed by atoms with Crippen molar-refractivity contribution >= 4 is 34.8 Å². The summed E-state index contributed by atoms with van der Waals surface area (Å²) < 4.78 is 5.57. The van der Waals surface area contributed by atoms with Crippen LogP contribution in [0, 0.1) is 11.8 Å². The Morgan fingerprint density at radius 1 is 1.41 bits per heavy atom. The second kappa shape index (κ2) is 6.47. The third-order valence-electron chi connectivity index (χ3n) is 4.39. The van der Waals surface area contributed by atoms with Crippen molar-refractivity contribution in [2.24, 2.45) is 16.9 Å². The number of hydrazone groups is 1. The first-order valence-electron chi connectivity index (χ1n) is 7.51. The maximum atomic E-state index is 12.1. The van der Waals surface area contributed by atoms with E-state index in [1.165, 1.54) is 19.3 Å². The number of rotatable bonds is 4. The van der Waals surface area contributed by atoms with Crippen LogP contribution >= 0.6 is 23.2 Å². The molecule has 1 N–H and O–H groups in total. The van der Waals surface area contributed by atoms with E-state index in [0.29, 0.717) is 21.7 Å². The second-order valence-corrected chi connectivity index (χ2v) is 6.84. The topological polar surface area (TPSA) is 50.7 Å². The van der Waals surface area contributed by atoms with Crippen molar-refractivity contribution in [2.75, 3.05) is 0 Å². The summed E-state index contributed by atoms with van der Waals surface area (Å²) >= 11 is 11.9. The molecule has 0 radical (unpaired) electrons. The van der Waals surface area contributed by atoms with Crippen molar-refractivity contribution in [2.45, 2.75) is 38.7 Å². The van der Waals surface area contributed by atoms with Gasteiger partial charge in [-0.15, -0.1) is 0 Å². The quantitative estimate of drug-likeness (QED) is 0.840. The Hall–Kier alpha value is -1.26. The summed E-state index contributed by atoms with van der Waals surface area (Å²) in [4.78, 5) is 12.1. The molecule has 22 heavy (non-hydrogen) atoms. The van der Waals surface area contributed by atoms with Gasteiger partial charge in [-0.05, 0) is 62.6 Å². The van der Waals surface area contributed by atoms with Crippen LogP contribution in [0.1, 0.15) is 32.6 Å². The molecule has 0 saturated heterocycles. The van der Waals surface area contributed by atoms with Crippen LogP contribution in [-0.4, -0.2) is 17.7 Å². The SMILES string of the molecule is CC(Oc1ccc(Cl)cc1Cl)C(=O)NN=C1CC2CCC1C2. The molecule has 6 heteroatoms. The largest absolute Gasteiger partial charge is 0.479 e. The molecule has 3 unspecified atom stereocenters. The molecule has 0 spiro atoms. The first-order chi connectivity index (χ1) is 10.5. The van der Waals surface area contributed by atoms with E-state index in [9.17, 15) is 4.79 Å². The number of ether oxygens (including phenoxy) is 1. The van der Waals surface area contributed by atoms with Crippen molar-refractivity contribution in [1.82, 2.24) is 5.43 Å². The number of carbonyl (C=O) groups is 1. The van der Waals surface area contributed by atoms with E-state index in [1.807, 2.05) is 0 Å². The van der Waals surface area contributed by atoms with Crippen LogP contribution in [0.25, 0.3) is 0 Å². The third kappa shape index (κ3) is 3.39. The molecule has 3 atom stereocenters. The number of nitrogens with one attached hydrogen (secondary N) is 1. The molecule has 2 bridgehead atoms. The van der Waals surface area contributed by atoms with E-state index >= 15 is 0 Å².